The van der Waals surface area contributed by atoms with Gasteiger partial charge >= 0.3 is 0 Å². The van der Waals surface area contributed by atoms with Gasteiger partial charge in [0.15, 0.2) is 0 Å². The number of methoxy groups -OCH3 is 2. The van der Waals surface area contributed by atoms with Crippen molar-refractivity contribution in [3.05, 3.63) is 23.8 Å². The predicted octanol–water partition coefficient (Wildman–Crippen LogP) is 3.55. The lowest BCUT2D eigenvalue weighted by molar-refractivity contribution is 0.113. The third-order valence-electron chi connectivity index (χ3n) is 3.47. The minimum Gasteiger partial charge on any atom is -0.496 e. The number of rotatable bonds is 12. The van der Waals surface area contributed by atoms with E-state index in [0.29, 0.717) is 13.2 Å². The van der Waals surface area contributed by atoms with Gasteiger partial charge in [0, 0.05) is 13.2 Å². The van der Waals surface area contributed by atoms with Crippen molar-refractivity contribution >= 4 is 0 Å². The Hall–Kier alpha value is -1.26. The largest absolute Gasteiger partial charge is 0.496 e. The summed E-state index contributed by atoms with van der Waals surface area (Å²) in [5.41, 5.74) is 0.963. The molecular weight excluding hydrogens is 268 g/mol. The van der Waals surface area contributed by atoms with Crippen molar-refractivity contribution in [1.29, 1.82) is 0 Å². The first-order chi connectivity index (χ1) is 10.3. The molecule has 1 N–H and O–H groups in total. The topological polar surface area (TPSA) is 47.9 Å². The molecule has 0 bridgehead atoms. The van der Waals surface area contributed by atoms with Crippen molar-refractivity contribution in [3.63, 3.8) is 0 Å². The van der Waals surface area contributed by atoms with Gasteiger partial charge in [-0.05, 0) is 25.0 Å². The Morgan fingerprint density at radius 3 is 2.00 bits per heavy atom. The van der Waals surface area contributed by atoms with Gasteiger partial charge in [0.25, 0.3) is 0 Å². The molecular formula is C17H28O4. The Balaban J connectivity index is 2.20. The number of aliphatic hydroxyl groups excluding tert-OH is 1. The lowest BCUT2D eigenvalue weighted by Crippen LogP contribution is -2.01. The summed E-state index contributed by atoms with van der Waals surface area (Å²) in [6, 6.07) is 5.75. The van der Waals surface area contributed by atoms with E-state index < -0.39 is 0 Å². The molecule has 1 aromatic rings. The summed E-state index contributed by atoms with van der Waals surface area (Å²) in [7, 11) is 3.31. The summed E-state index contributed by atoms with van der Waals surface area (Å²) >= 11 is 0. The molecule has 0 aliphatic carbocycles. The van der Waals surface area contributed by atoms with Crippen LogP contribution in [0.5, 0.6) is 11.5 Å². The Morgan fingerprint density at radius 2 is 1.43 bits per heavy atom. The molecule has 0 spiro atoms. The summed E-state index contributed by atoms with van der Waals surface area (Å²) < 4.78 is 16.4. The monoisotopic (exact) mass is 296 g/mol. The van der Waals surface area contributed by atoms with Crippen molar-refractivity contribution in [3.8, 4) is 11.5 Å². The van der Waals surface area contributed by atoms with E-state index in [1.807, 2.05) is 18.2 Å². The molecule has 0 heterocycles. The quantitative estimate of drug-likeness (QED) is 0.599. The second-order valence-electron chi connectivity index (χ2n) is 5.04. The van der Waals surface area contributed by atoms with Crippen LogP contribution in [0.15, 0.2) is 18.2 Å². The van der Waals surface area contributed by atoms with Crippen LogP contribution >= 0.6 is 0 Å². The average molecular weight is 296 g/mol. The molecule has 0 fully saturated rings. The van der Waals surface area contributed by atoms with Crippen LogP contribution < -0.4 is 9.47 Å². The minimum absolute atomic E-state index is 0.309. The molecule has 0 radical (unpaired) electrons. The number of hydrogen-bond donors (Lipinski definition) is 1. The van der Waals surface area contributed by atoms with Crippen molar-refractivity contribution in [1.82, 2.24) is 0 Å². The normalized spacial score (nSPS) is 10.6. The fourth-order valence-corrected chi connectivity index (χ4v) is 2.27. The third kappa shape index (κ3) is 6.82. The van der Waals surface area contributed by atoms with E-state index in [2.05, 4.69) is 0 Å². The fourth-order valence-electron chi connectivity index (χ4n) is 2.27. The highest BCUT2D eigenvalue weighted by Crippen LogP contribution is 2.28. The van der Waals surface area contributed by atoms with Crippen LogP contribution in [0, 0.1) is 0 Å². The van der Waals surface area contributed by atoms with Gasteiger partial charge < -0.3 is 19.3 Å². The van der Waals surface area contributed by atoms with Crippen LogP contribution in [0.3, 0.4) is 0 Å². The van der Waals surface area contributed by atoms with Crippen LogP contribution in [0.2, 0.25) is 0 Å². The zero-order chi connectivity index (χ0) is 15.3. The minimum atomic E-state index is 0.309. The predicted molar refractivity (Wildman–Crippen MR) is 84.0 cm³/mol. The average Bonchev–Trinajstić information content (AvgIpc) is 2.53. The summed E-state index contributed by atoms with van der Waals surface area (Å²) in [6.45, 7) is 1.57. The molecule has 4 heteroatoms. The van der Waals surface area contributed by atoms with E-state index in [1.54, 1.807) is 14.2 Å². The van der Waals surface area contributed by atoms with Gasteiger partial charge in [0.05, 0.1) is 26.4 Å². The highest BCUT2D eigenvalue weighted by molar-refractivity contribution is 5.44. The maximum absolute atomic E-state index is 8.69. The molecule has 21 heavy (non-hydrogen) atoms. The molecule has 0 saturated heterocycles. The second-order valence-corrected chi connectivity index (χ2v) is 5.04. The summed E-state index contributed by atoms with van der Waals surface area (Å²) in [5, 5.41) is 8.69. The standard InChI is InChI=1S/C17H28O4/c1-19-16-10-9-11-17(20-2)15(16)14-21-13-8-6-4-3-5-7-12-18/h9-11,18H,3-8,12-14H2,1-2H3. The molecule has 4 nitrogen and oxygen atoms in total. The second kappa shape index (κ2) is 11.4. The lowest BCUT2D eigenvalue weighted by atomic mass is 10.1. The highest BCUT2D eigenvalue weighted by Gasteiger charge is 2.09. The van der Waals surface area contributed by atoms with Crippen LogP contribution in [0.4, 0.5) is 0 Å². The highest BCUT2D eigenvalue weighted by atomic mass is 16.5. The first-order valence-corrected chi connectivity index (χ1v) is 7.72. The zero-order valence-corrected chi connectivity index (χ0v) is 13.3. The lowest BCUT2D eigenvalue weighted by Gasteiger charge is -2.13. The molecule has 0 atom stereocenters. The zero-order valence-electron chi connectivity index (χ0n) is 13.3. The summed E-state index contributed by atoms with van der Waals surface area (Å²) in [6.07, 6.45) is 6.69. The Kier molecular flexibility index (Phi) is 9.66. The Labute approximate surface area is 128 Å². The fraction of sp³-hybridized carbons (Fsp3) is 0.647. The van der Waals surface area contributed by atoms with E-state index >= 15 is 0 Å². The Morgan fingerprint density at radius 1 is 0.857 bits per heavy atom. The van der Waals surface area contributed by atoms with Crippen molar-refractivity contribution < 1.29 is 19.3 Å². The van der Waals surface area contributed by atoms with Crippen molar-refractivity contribution in [2.24, 2.45) is 0 Å². The molecule has 0 saturated carbocycles. The van der Waals surface area contributed by atoms with Crippen LogP contribution in [-0.4, -0.2) is 32.5 Å². The van der Waals surface area contributed by atoms with Crippen molar-refractivity contribution in [2.75, 3.05) is 27.4 Å². The van der Waals surface area contributed by atoms with E-state index in [4.69, 9.17) is 19.3 Å². The molecule has 0 aromatic heterocycles. The van der Waals surface area contributed by atoms with E-state index in [1.165, 1.54) is 19.3 Å². The maximum atomic E-state index is 8.69. The number of unbranched alkanes of at least 4 members (excludes halogenated alkanes) is 5. The first kappa shape index (κ1) is 17.8. The molecule has 120 valence electrons. The summed E-state index contributed by atoms with van der Waals surface area (Å²) in [4.78, 5) is 0. The van der Waals surface area contributed by atoms with E-state index in [0.717, 1.165) is 42.9 Å². The molecule has 0 aliphatic heterocycles. The number of aliphatic hydroxyl groups is 1. The third-order valence-corrected chi connectivity index (χ3v) is 3.47. The van der Waals surface area contributed by atoms with Crippen LogP contribution in [-0.2, 0) is 11.3 Å². The summed E-state index contributed by atoms with van der Waals surface area (Å²) in [5.74, 6) is 1.61. The number of benzene rings is 1. The molecule has 1 aromatic carbocycles. The van der Waals surface area contributed by atoms with Gasteiger partial charge in [-0.15, -0.1) is 0 Å². The van der Waals surface area contributed by atoms with E-state index in [9.17, 15) is 0 Å². The van der Waals surface area contributed by atoms with Crippen LogP contribution in [0.1, 0.15) is 44.1 Å². The van der Waals surface area contributed by atoms with Gasteiger partial charge in [-0.1, -0.05) is 31.7 Å². The van der Waals surface area contributed by atoms with Crippen LogP contribution in [0.25, 0.3) is 0 Å². The van der Waals surface area contributed by atoms with Gasteiger partial charge in [0.1, 0.15) is 11.5 Å². The van der Waals surface area contributed by atoms with Gasteiger partial charge in [0.2, 0.25) is 0 Å². The number of hydrogen-bond acceptors (Lipinski definition) is 4. The maximum Gasteiger partial charge on any atom is 0.128 e. The molecule has 0 unspecified atom stereocenters. The molecule has 1 rings (SSSR count). The van der Waals surface area contributed by atoms with Gasteiger partial charge in [-0.2, -0.15) is 0 Å². The number of ether oxygens (including phenoxy) is 3. The van der Waals surface area contributed by atoms with Gasteiger partial charge in [-0.25, -0.2) is 0 Å². The molecule has 0 aliphatic rings. The smallest absolute Gasteiger partial charge is 0.128 e. The van der Waals surface area contributed by atoms with E-state index in [-0.39, 0.29) is 0 Å². The Bertz CT molecular complexity index is 357. The van der Waals surface area contributed by atoms with Gasteiger partial charge in [-0.3, -0.25) is 0 Å². The van der Waals surface area contributed by atoms with Crippen molar-refractivity contribution in [2.45, 2.75) is 45.1 Å². The SMILES string of the molecule is COc1cccc(OC)c1COCCCCCCCCO. The first-order valence-electron chi connectivity index (χ1n) is 7.72. The molecule has 0 amide bonds.